The SMILES string of the molecule is CC1CN(C)CCCN1C(=O)c1ccnc(N)c1. The van der Waals surface area contributed by atoms with Crippen molar-refractivity contribution in [1.82, 2.24) is 14.8 Å². The summed E-state index contributed by atoms with van der Waals surface area (Å²) in [5.74, 6) is 0.437. The van der Waals surface area contributed by atoms with Gasteiger partial charge >= 0.3 is 0 Å². The van der Waals surface area contributed by atoms with Crippen LogP contribution in [0.15, 0.2) is 18.3 Å². The van der Waals surface area contributed by atoms with Crippen LogP contribution >= 0.6 is 0 Å². The summed E-state index contributed by atoms with van der Waals surface area (Å²) in [5.41, 5.74) is 6.25. The van der Waals surface area contributed by atoms with Crippen molar-refractivity contribution in [2.24, 2.45) is 0 Å². The maximum atomic E-state index is 12.4. The molecular weight excluding hydrogens is 228 g/mol. The number of amides is 1. The molecule has 1 saturated heterocycles. The van der Waals surface area contributed by atoms with E-state index in [1.165, 1.54) is 0 Å². The molecule has 5 heteroatoms. The monoisotopic (exact) mass is 248 g/mol. The van der Waals surface area contributed by atoms with Gasteiger partial charge in [0.15, 0.2) is 0 Å². The van der Waals surface area contributed by atoms with Crippen molar-refractivity contribution in [2.75, 3.05) is 32.4 Å². The summed E-state index contributed by atoms with van der Waals surface area (Å²) < 4.78 is 0. The summed E-state index contributed by atoms with van der Waals surface area (Å²) in [5, 5.41) is 0. The van der Waals surface area contributed by atoms with Gasteiger partial charge in [-0.15, -0.1) is 0 Å². The van der Waals surface area contributed by atoms with Crippen LogP contribution in [0.1, 0.15) is 23.7 Å². The number of hydrogen-bond acceptors (Lipinski definition) is 4. The van der Waals surface area contributed by atoms with Gasteiger partial charge in [-0.05, 0) is 39.1 Å². The first kappa shape index (κ1) is 12.8. The summed E-state index contributed by atoms with van der Waals surface area (Å²) in [7, 11) is 2.09. The zero-order valence-electron chi connectivity index (χ0n) is 11.0. The summed E-state index contributed by atoms with van der Waals surface area (Å²) in [6.45, 7) is 4.83. The lowest BCUT2D eigenvalue weighted by atomic mass is 10.2. The zero-order valence-corrected chi connectivity index (χ0v) is 11.0. The highest BCUT2D eigenvalue weighted by atomic mass is 16.2. The second-order valence-electron chi connectivity index (χ2n) is 4.93. The summed E-state index contributed by atoms with van der Waals surface area (Å²) in [6, 6.07) is 3.59. The number of nitrogen functional groups attached to an aromatic ring is 1. The molecule has 0 bridgehead atoms. The molecule has 1 unspecified atom stereocenters. The molecule has 18 heavy (non-hydrogen) atoms. The molecule has 0 spiro atoms. The highest BCUT2D eigenvalue weighted by Gasteiger charge is 2.24. The van der Waals surface area contributed by atoms with Gasteiger partial charge in [0.05, 0.1) is 0 Å². The molecule has 2 rings (SSSR count). The Morgan fingerprint density at radius 2 is 2.28 bits per heavy atom. The molecule has 1 aromatic heterocycles. The Kier molecular flexibility index (Phi) is 3.81. The van der Waals surface area contributed by atoms with Crippen LogP contribution in [0.2, 0.25) is 0 Å². The van der Waals surface area contributed by atoms with E-state index in [1.807, 2.05) is 4.90 Å². The average Bonchev–Trinajstić information content (AvgIpc) is 2.49. The molecule has 2 N–H and O–H groups in total. The summed E-state index contributed by atoms with van der Waals surface area (Å²) in [6.07, 6.45) is 2.59. The number of likely N-dealkylation sites (N-methyl/N-ethyl adjacent to an activating group) is 1. The van der Waals surface area contributed by atoms with Gasteiger partial charge in [-0.1, -0.05) is 0 Å². The Morgan fingerprint density at radius 3 is 3.00 bits per heavy atom. The van der Waals surface area contributed by atoms with E-state index >= 15 is 0 Å². The molecule has 98 valence electrons. The Bertz CT molecular complexity index is 435. The minimum absolute atomic E-state index is 0.0481. The highest BCUT2D eigenvalue weighted by molar-refractivity contribution is 5.95. The lowest BCUT2D eigenvalue weighted by molar-refractivity contribution is 0.0696. The van der Waals surface area contributed by atoms with Gasteiger partial charge in [-0.25, -0.2) is 4.98 Å². The van der Waals surface area contributed by atoms with Crippen molar-refractivity contribution >= 4 is 11.7 Å². The topological polar surface area (TPSA) is 62.5 Å². The van der Waals surface area contributed by atoms with Crippen molar-refractivity contribution in [3.63, 3.8) is 0 Å². The third-order valence-corrected chi connectivity index (χ3v) is 3.34. The molecule has 0 aromatic carbocycles. The predicted molar refractivity (Wildman–Crippen MR) is 71.3 cm³/mol. The van der Waals surface area contributed by atoms with E-state index in [2.05, 4.69) is 23.9 Å². The molecule has 1 atom stereocenters. The van der Waals surface area contributed by atoms with Gasteiger partial charge < -0.3 is 15.5 Å². The van der Waals surface area contributed by atoms with Gasteiger partial charge in [-0.3, -0.25) is 4.79 Å². The van der Waals surface area contributed by atoms with Gasteiger partial charge in [0.2, 0.25) is 0 Å². The normalized spacial score (nSPS) is 21.7. The van der Waals surface area contributed by atoms with E-state index in [9.17, 15) is 4.79 Å². The average molecular weight is 248 g/mol. The number of carbonyl (C=O) groups excluding carboxylic acids is 1. The van der Waals surface area contributed by atoms with Crippen LogP contribution in [0.4, 0.5) is 5.82 Å². The lowest BCUT2D eigenvalue weighted by Gasteiger charge is -2.28. The fourth-order valence-corrected chi connectivity index (χ4v) is 2.42. The molecule has 1 amide bonds. The molecule has 1 aromatic rings. The van der Waals surface area contributed by atoms with Gasteiger partial charge in [0, 0.05) is 30.9 Å². The standard InChI is InChI=1S/C13H20N4O/c1-10-9-16(2)6-3-7-17(10)13(18)11-4-5-15-12(14)8-11/h4-5,8,10H,3,6-7,9H2,1-2H3,(H2,14,15). The van der Waals surface area contributed by atoms with Gasteiger partial charge in [0.25, 0.3) is 5.91 Å². The zero-order chi connectivity index (χ0) is 13.1. The van der Waals surface area contributed by atoms with Crippen LogP contribution < -0.4 is 5.73 Å². The maximum Gasteiger partial charge on any atom is 0.254 e. The minimum atomic E-state index is 0.0481. The maximum absolute atomic E-state index is 12.4. The quantitative estimate of drug-likeness (QED) is 0.799. The fraction of sp³-hybridized carbons (Fsp3) is 0.538. The van der Waals surface area contributed by atoms with Crippen LogP contribution in [0.25, 0.3) is 0 Å². The van der Waals surface area contributed by atoms with Crippen molar-refractivity contribution in [1.29, 1.82) is 0 Å². The third kappa shape index (κ3) is 2.79. The van der Waals surface area contributed by atoms with Crippen LogP contribution in [0.5, 0.6) is 0 Å². The Hall–Kier alpha value is -1.62. The highest BCUT2D eigenvalue weighted by Crippen LogP contribution is 2.14. The Labute approximate surface area is 108 Å². The van der Waals surface area contributed by atoms with E-state index < -0.39 is 0 Å². The first-order chi connectivity index (χ1) is 8.58. The Balaban J connectivity index is 2.17. The number of nitrogens with zero attached hydrogens (tertiary/aromatic N) is 3. The number of anilines is 1. The van der Waals surface area contributed by atoms with Crippen molar-refractivity contribution in [3.8, 4) is 0 Å². The molecule has 0 radical (unpaired) electrons. The molecular formula is C13H20N4O. The van der Waals surface area contributed by atoms with Gasteiger partial charge in [0.1, 0.15) is 5.82 Å². The fourth-order valence-electron chi connectivity index (χ4n) is 2.42. The predicted octanol–water partition coefficient (Wildman–Crippen LogP) is 0.830. The van der Waals surface area contributed by atoms with Crippen LogP contribution in [0.3, 0.4) is 0 Å². The van der Waals surface area contributed by atoms with E-state index in [4.69, 9.17) is 5.73 Å². The molecule has 2 heterocycles. The summed E-state index contributed by atoms with van der Waals surface area (Å²) in [4.78, 5) is 20.6. The molecule has 0 saturated carbocycles. The molecule has 1 fully saturated rings. The van der Waals surface area contributed by atoms with E-state index in [-0.39, 0.29) is 11.9 Å². The number of rotatable bonds is 1. The lowest BCUT2D eigenvalue weighted by Crippen LogP contribution is -2.42. The number of aromatic nitrogens is 1. The van der Waals surface area contributed by atoms with Crippen molar-refractivity contribution < 1.29 is 4.79 Å². The largest absolute Gasteiger partial charge is 0.384 e. The second-order valence-corrected chi connectivity index (χ2v) is 4.93. The Morgan fingerprint density at radius 1 is 1.50 bits per heavy atom. The first-order valence-corrected chi connectivity index (χ1v) is 6.29. The molecule has 5 nitrogen and oxygen atoms in total. The van der Waals surface area contributed by atoms with E-state index in [1.54, 1.807) is 18.3 Å². The van der Waals surface area contributed by atoms with Gasteiger partial charge in [-0.2, -0.15) is 0 Å². The second kappa shape index (κ2) is 5.35. The molecule has 1 aliphatic rings. The van der Waals surface area contributed by atoms with Crippen LogP contribution in [0, 0.1) is 0 Å². The number of nitrogens with two attached hydrogens (primary N) is 1. The third-order valence-electron chi connectivity index (χ3n) is 3.34. The first-order valence-electron chi connectivity index (χ1n) is 6.29. The van der Waals surface area contributed by atoms with Crippen LogP contribution in [-0.4, -0.2) is 53.4 Å². The van der Waals surface area contributed by atoms with E-state index in [0.717, 1.165) is 26.1 Å². The minimum Gasteiger partial charge on any atom is -0.384 e. The molecule has 0 aliphatic carbocycles. The smallest absolute Gasteiger partial charge is 0.254 e. The summed E-state index contributed by atoms with van der Waals surface area (Å²) >= 11 is 0. The number of hydrogen-bond donors (Lipinski definition) is 1. The van der Waals surface area contributed by atoms with Crippen molar-refractivity contribution in [3.05, 3.63) is 23.9 Å². The van der Waals surface area contributed by atoms with E-state index in [0.29, 0.717) is 11.4 Å². The number of pyridine rings is 1. The van der Waals surface area contributed by atoms with Crippen molar-refractivity contribution in [2.45, 2.75) is 19.4 Å². The van der Waals surface area contributed by atoms with Crippen LogP contribution in [-0.2, 0) is 0 Å². The number of carbonyl (C=O) groups is 1. The molecule has 1 aliphatic heterocycles.